The maximum atomic E-state index is 6.11. The molecule has 2 heterocycles. The van der Waals surface area contributed by atoms with Crippen molar-refractivity contribution in [2.24, 2.45) is 5.73 Å². The second kappa shape index (κ2) is 6.00. The third-order valence-corrected chi connectivity index (χ3v) is 3.89. The Morgan fingerprint density at radius 3 is 2.70 bits per heavy atom. The molecule has 1 saturated carbocycles. The summed E-state index contributed by atoms with van der Waals surface area (Å²) in [5.41, 5.74) is 5.97. The van der Waals surface area contributed by atoms with E-state index in [1.165, 1.54) is 19.3 Å². The lowest BCUT2D eigenvalue weighted by atomic mass is 9.95. The first-order chi connectivity index (χ1) is 9.01. The summed E-state index contributed by atoms with van der Waals surface area (Å²) in [4.78, 5) is 7.02. The van der Waals surface area contributed by atoms with Gasteiger partial charge in [0.15, 0.2) is 5.82 Å². The molecule has 1 aliphatic heterocycles. The minimum absolute atomic E-state index is 0. The van der Waals surface area contributed by atoms with Crippen molar-refractivity contribution in [1.29, 1.82) is 0 Å². The van der Waals surface area contributed by atoms with Gasteiger partial charge >= 0.3 is 0 Å². The highest BCUT2D eigenvalue weighted by molar-refractivity contribution is 5.85. The maximum Gasteiger partial charge on any atom is 0.229 e. The van der Waals surface area contributed by atoms with E-state index in [9.17, 15) is 0 Å². The zero-order valence-corrected chi connectivity index (χ0v) is 13.2. The van der Waals surface area contributed by atoms with Crippen molar-refractivity contribution in [2.45, 2.75) is 56.9 Å². The SMILES string of the molecule is CC(C)(N)CN1CCCC(c2noc(C3CC3)n2)C1.Cl. The zero-order valence-electron chi connectivity index (χ0n) is 12.3. The number of nitrogens with zero attached hydrogens (tertiary/aromatic N) is 3. The quantitative estimate of drug-likeness (QED) is 0.924. The van der Waals surface area contributed by atoms with Crippen LogP contribution >= 0.6 is 12.4 Å². The summed E-state index contributed by atoms with van der Waals surface area (Å²) in [5, 5.41) is 4.19. The molecule has 114 valence electrons. The molecule has 0 spiro atoms. The van der Waals surface area contributed by atoms with E-state index in [-0.39, 0.29) is 17.9 Å². The van der Waals surface area contributed by atoms with Crippen LogP contribution < -0.4 is 5.73 Å². The fourth-order valence-corrected chi connectivity index (χ4v) is 2.90. The van der Waals surface area contributed by atoms with Gasteiger partial charge in [-0.05, 0) is 46.1 Å². The second-order valence-electron chi connectivity index (χ2n) is 6.83. The molecule has 0 aromatic carbocycles. The molecule has 0 radical (unpaired) electrons. The van der Waals surface area contributed by atoms with Gasteiger partial charge in [-0.1, -0.05) is 5.16 Å². The molecule has 0 bridgehead atoms. The van der Waals surface area contributed by atoms with Crippen LogP contribution in [-0.4, -0.2) is 40.2 Å². The highest BCUT2D eigenvalue weighted by Gasteiger charge is 2.32. The first kappa shape index (κ1) is 15.7. The van der Waals surface area contributed by atoms with Crippen LogP contribution in [0.3, 0.4) is 0 Å². The molecule has 2 fully saturated rings. The van der Waals surface area contributed by atoms with E-state index in [0.717, 1.165) is 37.8 Å². The molecule has 2 aliphatic rings. The summed E-state index contributed by atoms with van der Waals surface area (Å²) < 4.78 is 5.37. The smallest absolute Gasteiger partial charge is 0.229 e. The Kier molecular flexibility index (Phi) is 4.72. The highest BCUT2D eigenvalue weighted by atomic mass is 35.5. The molecule has 1 aromatic rings. The largest absolute Gasteiger partial charge is 0.339 e. The molecule has 0 amide bonds. The third-order valence-electron chi connectivity index (χ3n) is 3.89. The van der Waals surface area contributed by atoms with Crippen LogP contribution in [-0.2, 0) is 0 Å². The molecular formula is C14H25ClN4O. The Morgan fingerprint density at radius 2 is 2.05 bits per heavy atom. The van der Waals surface area contributed by atoms with Crippen molar-refractivity contribution >= 4 is 12.4 Å². The number of hydrogen-bond donors (Lipinski definition) is 1. The van der Waals surface area contributed by atoms with Crippen molar-refractivity contribution < 1.29 is 4.52 Å². The Balaban J connectivity index is 0.00000147. The summed E-state index contributed by atoms with van der Waals surface area (Å²) >= 11 is 0. The third kappa shape index (κ3) is 3.93. The lowest BCUT2D eigenvalue weighted by Gasteiger charge is -2.35. The van der Waals surface area contributed by atoms with Crippen molar-refractivity contribution in [2.75, 3.05) is 19.6 Å². The predicted octanol–water partition coefficient (Wildman–Crippen LogP) is 2.29. The summed E-state index contributed by atoms with van der Waals surface area (Å²) in [5.74, 6) is 2.71. The van der Waals surface area contributed by atoms with E-state index in [0.29, 0.717) is 11.8 Å². The number of nitrogens with two attached hydrogens (primary N) is 1. The number of likely N-dealkylation sites (tertiary alicyclic amines) is 1. The normalized spacial score (nSPS) is 24.4. The number of piperidine rings is 1. The average molecular weight is 301 g/mol. The summed E-state index contributed by atoms with van der Waals surface area (Å²) in [6.07, 6.45) is 4.76. The number of halogens is 1. The molecule has 3 rings (SSSR count). The van der Waals surface area contributed by atoms with Gasteiger partial charge in [-0.25, -0.2) is 0 Å². The average Bonchev–Trinajstić information content (AvgIpc) is 3.05. The van der Waals surface area contributed by atoms with Crippen LogP contribution in [0.2, 0.25) is 0 Å². The summed E-state index contributed by atoms with van der Waals surface area (Å²) in [6.45, 7) is 7.22. The maximum absolute atomic E-state index is 6.11. The van der Waals surface area contributed by atoms with Crippen molar-refractivity contribution in [3.05, 3.63) is 11.7 Å². The Bertz CT molecular complexity index is 439. The summed E-state index contributed by atoms with van der Waals surface area (Å²) in [6, 6.07) is 0. The summed E-state index contributed by atoms with van der Waals surface area (Å²) in [7, 11) is 0. The van der Waals surface area contributed by atoms with Gasteiger partial charge < -0.3 is 15.2 Å². The fraction of sp³-hybridized carbons (Fsp3) is 0.857. The van der Waals surface area contributed by atoms with Gasteiger partial charge in [-0.2, -0.15) is 4.98 Å². The van der Waals surface area contributed by atoms with Crippen LogP contribution in [0.4, 0.5) is 0 Å². The fourth-order valence-electron chi connectivity index (χ4n) is 2.90. The minimum Gasteiger partial charge on any atom is -0.339 e. The van der Waals surface area contributed by atoms with Crippen molar-refractivity contribution in [1.82, 2.24) is 15.0 Å². The lowest BCUT2D eigenvalue weighted by Crippen LogP contribution is -2.48. The molecule has 1 aromatic heterocycles. The van der Waals surface area contributed by atoms with Crippen molar-refractivity contribution in [3.63, 3.8) is 0 Å². The first-order valence-corrected chi connectivity index (χ1v) is 7.36. The van der Waals surface area contributed by atoms with Gasteiger partial charge in [0.2, 0.25) is 5.89 Å². The first-order valence-electron chi connectivity index (χ1n) is 7.36. The molecule has 20 heavy (non-hydrogen) atoms. The van der Waals surface area contributed by atoms with Gasteiger partial charge in [0.1, 0.15) is 0 Å². The molecular weight excluding hydrogens is 276 g/mol. The van der Waals surface area contributed by atoms with Crippen LogP contribution in [0, 0.1) is 0 Å². The molecule has 1 unspecified atom stereocenters. The van der Waals surface area contributed by atoms with Crippen molar-refractivity contribution in [3.8, 4) is 0 Å². The Labute approximate surface area is 126 Å². The van der Waals surface area contributed by atoms with E-state index in [4.69, 9.17) is 10.3 Å². The standard InChI is InChI=1S/C14H24N4O.ClH/c1-14(2,15)9-18-7-3-4-11(8-18)12-16-13(19-17-12)10-5-6-10;/h10-11H,3-9,15H2,1-2H3;1H. The predicted molar refractivity (Wildman–Crippen MR) is 80.2 cm³/mol. The van der Waals surface area contributed by atoms with Gasteiger partial charge in [0.05, 0.1) is 0 Å². The van der Waals surface area contributed by atoms with E-state index in [1.807, 2.05) is 0 Å². The van der Waals surface area contributed by atoms with E-state index in [2.05, 4.69) is 28.9 Å². The molecule has 5 nitrogen and oxygen atoms in total. The number of hydrogen-bond acceptors (Lipinski definition) is 5. The van der Waals surface area contributed by atoms with Gasteiger partial charge in [-0.3, -0.25) is 0 Å². The van der Waals surface area contributed by atoms with Gasteiger partial charge in [0, 0.05) is 30.5 Å². The molecule has 1 aliphatic carbocycles. The Hall–Kier alpha value is -0.650. The van der Waals surface area contributed by atoms with Crippen LogP contribution in [0.25, 0.3) is 0 Å². The number of aromatic nitrogens is 2. The zero-order chi connectivity index (χ0) is 13.5. The van der Waals surface area contributed by atoms with Crippen LogP contribution in [0.1, 0.15) is 63.1 Å². The molecule has 6 heteroatoms. The highest BCUT2D eigenvalue weighted by Crippen LogP contribution is 2.39. The van der Waals surface area contributed by atoms with E-state index >= 15 is 0 Å². The molecule has 2 N–H and O–H groups in total. The van der Waals surface area contributed by atoms with Gasteiger partial charge in [-0.15, -0.1) is 12.4 Å². The number of rotatable bonds is 4. The Morgan fingerprint density at radius 1 is 1.30 bits per heavy atom. The topological polar surface area (TPSA) is 68.2 Å². The second-order valence-corrected chi connectivity index (χ2v) is 6.83. The minimum atomic E-state index is -0.141. The van der Waals surface area contributed by atoms with E-state index in [1.54, 1.807) is 0 Å². The van der Waals surface area contributed by atoms with Crippen LogP contribution in [0.5, 0.6) is 0 Å². The van der Waals surface area contributed by atoms with Crippen LogP contribution in [0.15, 0.2) is 4.52 Å². The molecule has 1 atom stereocenters. The van der Waals surface area contributed by atoms with Gasteiger partial charge in [0.25, 0.3) is 0 Å². The lowest BCUT2D eigenvalue weighted by molar-refractivity contribution is 0.171. The molecule has 1 saturated heterocycles. The van der Waals surface area contributed by atoms with E-state index < -0.39 is 0 Å². The monoisotopic (exact) mass is 300 g/mol.